The summed E-state index contributed by atoms with van der Waals surface area (Å²) in [6, 6.07) is 86.8. The minimum atomic E-state index is -0.724. The molecule has 17 N–H and O–H groups in total. The summed E-state index contributed by atoms with van der Waals surface area (Å²) in [7, 11) is 3.53. The summed E-state index contributed by atoms with van der Waals surface area (Å²) < 4.78 is 9.04. The number of fused-ring (bicyclic) bond motifs is 5. The Balaban J connectivity index is 0.000000120. The molecule has 10 aromatic heterocycles. The van der Waals surface area contributed by atoms with Crippen LogP contribution >= 0.6 is 0 Å². The Morgan fingerprint density at radius 1 is 0.266 bits per heavy atom. The Morgan fingerprint density at radius 3 is 0.719 bits per heavy atom. The molecule has 0 saturated carbocycles. The summed E-state index contributed by atoms with van der Waals surface area (Å²) in [5.74, 6) is 6.70. The van der Waals surface area contributed by atoms with Crippen molar-refractivity contribution >= 4 is 115 Å². The van der Waals surface area contributed by atoms with Crippen LogP contribution in [-0.4, -0.2) is 160 Å². The normalized spacial score (nSPS) is 11.6. The zero-order valence-electron chi connectivity index (χ0n) is 76.4. The smallest absolute Gasteiger partial charge is 0.269 e. The number of nitrogens with one attached hydrogen (secondary N) is 4. The Labute approximate surface area is 794 Å². The van der Waals surface area contributed by atoms with Gasteiger partial charge in [0.05, 0.1) is 28.4 Å². The first-order valence-corrected chi connectivity index (χ1v) is 44.1. The van der Waals surface area contributed by atoms with Crippen molar-refractivity contribution in [1.29, 1.82) is 0 Å². The maximum Gasteiger partial charge on any atom is 0.269 e. The molecule has 1 aliphatic rings. The Hall–Kier alpha value is -18.8. The number of hydrogen-bond acceptors (Lipinski definition) is 27. The summed E-state index contributed by atoms with van der Waals surface area (Å²) in [5, 5.41) is 15.6. The van der Waals surface area contributed by atoms with Crippen LogP contribution in [0.2, 0.25) is 0 Å². The molecule has 1 saturated heterocycles. The number of amides is 5. The summed E-state index contributed by atoms with van der Waals surface area (Å²) in [6.45, 7) is 11.8. The summed E-state index contributed by atoms with van der Waals surface area (Å²) in [6.07, 6.45) is 3.44. The van der Waals surface area contributed by atoms with E-state index in [0.29, 0.717) is 97.4 Å². The maximum absolute atomic E-state index is 12.4. The number of anilines is 5. The molecule has 10 aromatic carbocycles. The van der Waals surface area contributed by atoms with Gasteiger partial charge in [0.1, 0.15) is 27.6 Å². The largest absolute Gasteiger partial charge is 0.364 e. The van der Waals surface area contributed by atoms with Crippen molar-refractivity contribution < 1.29 is 29.2 Å². The molecule has 0 radical (unpaired) electrons. The number of para-hydroxylation sites is 5. The first-order valence-electron chi connectivity index (χ1n) is 44.1. The molecule has 0 aliphatic carbocycles. The highest BCUT2D eigenvalue weighted by molar-refractivity contribution is 6.07. The predicted molar refractivity (Wildman–Crippen MR) is 535 cm³/mol. The molecule has 37 nitrogen and oxygen atoms in total. The van der Waals surface area contributed by atoms with Crippen LogP contribution in [0.4, 0.5) is 29.7 Å². The summed E-state index contributed by atoms with van der Waals surface area (Å²) in [5.41, 5.74) is 50.8. The Morgan fingerprint density at radius 2 is 0.482 bits per heavy atom. The lowest BCUT2D eigenvalue weighted by Gasteiger charge is -2.28. The molecular weight excluding hydrogens is 1760 g/mol. The van der Waals surface area contributed by atoms with Gasteiger partial charge in [-0.05, 0) is 115 Å². The van der Waals surface area contributed by atoms with Crippen molar-refractivity contribution in [3.63, 3.8) is 0 Å². The highest BCUT2D eigenvalue weighted by atomic mass is 16.5. The quantitative estimate of drug-likeness (QED) is 0.0249. The maximum atomic E-state index is 12.4. The fraction of sp³-hybridized carbons (Fsp3) is 0.118. The van der Waals surface area contributed by atoms with Gasteiger partial charge in [-0.3, -0.25) is 57.4 Å². The first kappa shape index (κ1) is 92.1. The molecule has 692 valence electrons. The first-order chi connectivity index (χ1) is 67.4. The fourth-order valence-corrected chi connectivity index (χ4v) is 15.7. The van der Waals surface area contributed by atoms with Crippen LogP contribution in [0.1, 0.15) is 99.5 Å². The van der Waals surface area contributed by atoms with Gasteiger partial charge >= 0.3 is 0 Å². The molecule has 11 heterocycles. The average molecular weight is 1850 g/mol. The number of carbonyl (C=O) groups is 5. The number of nitrogens with zero attached hydrogens (tertiary/aromatic N) is 21. The molecule has 139 heavy (non-hydrogen) atoms. The van der Waals surface area contributed by atoms with Crippen LogP contribution in [0.5, 0.6) is 0 Å². The van der Waals surface area contributed by atoms with E-state index in [-0.39, 0.29) is 45.5 Å². The molecule has 0 spiro atoms. The minimum Gasteiger partial charge on any atom is -0.364 e. The second kappa shape index (κ2) is 40.3. The van der Waals surface area contributed by atoms with Gasteiger partial charge in [-0.1, -0.05) is 240 Å². The van der Waals surface area contributed by atoms with Crippen LogP contribution in [0.3, 0.4) is 0 Å². The number of aromatic nitrogens is 20. The third-order valence-corrected chi connectivity index (χ3v) is 22.6. The lowest BCUT2D eigenvalue weighted by atomic mass is 10.1. The van der Waals surface area contributed by atoms with E-state index in [1.807, 2.05) is 327 Å². The molecule has 1 fully saturated rings. The van der Waals surface area contributed by atoms with Gasteiger partial charge in [0.25, 0.3) is 29.5 Å². The zero-order valence-corrected chi connectivity index (χ0v) is 76.4. The molecule has 0 atom stereocenters. The number of rotatable bonds is 20. The number of hydrogen-bond donors (Lipinski definition) is 11. The number of imidazole rings is 5. The lowest BCUT2D eigenvalue weighted by molar-refractivity contribution is 0.0988. The van der Waals surface area contributed by atoms with Gasteiger partial charge < -0.3 is 44.2 Å². The van der Waals surface area contributed by atoms with Gasteiger partial charge in [0.2, 0.25) is 29.7 Å². The standard InChI is InChI=1S/C24H24N6O.2C20H18N6O.C19H17N7O.C19H16N6O2/c1-16-10-12-17(13-11-16)22-26-19(21(25)31)20-23(28-22)30(18-8-4-2-5-9-18)24(27-20)29-14-6-3-7-15-29;2*1-12-8-10-13(11-9-12)18-23-15(17(21)27)16-19(25-18)26(20(22-2)24-16)14-6-4-3-5-7-14;1-11-7-9-12(10-8-11)17-22-14(16(20)27)15-18(24-17)26(19(23-15)25-21)13-5-3-2-4-6-13;1-11-7-9-12(10-8-11)17-21-14(16(20)26)15-18(23-17)25(19(22-15)24-27)13-5-3-2-4-6-13/h2,4-5,8-13H,3,6-7,14-15H2,1H3,(H2,25,31);2*3-11H,1-2H3,(H2,21,27)(H,22,24);2-10H,21H2,1H3,(H2,20,27)(H,23,25);2-10,27H,1H3,(H2,20,26)(H,22,24). The number of piperidine rings is 1. The Bertz CT molecular complexity index is 7220. The topological polar surface area (TPSA) is 531 Å². The Kier molecular flexibility index (Phi) is 26.7. The number of primary amides is 5. The molecule has 0 bridgehead atoms. The van der Waals surface area contributed by atoms with E-state index in [2.05, 4.69) is 75.8 Å². The number of aryl methyl sites for hydroxylation is 5. The molecular formula is C102H93N31O6. The van der Waals surface area contributed by atoms with Gasteiger partial charge in [-0.15, -0.1) is 0 Å². The lowest BCUT2D eigenvalue weighted by Crippen LogP contribution is -2.31. The number of carbonyl (C=O) groups excluding carboxylic acids is 5. The summed E-state index contributed by atoms with van der Waals surface area (Å²) in [4.78, 5) is 131. The highest BCUT2D eigenvalue weighted by Gasteiger charge is 2.30. The monoisotopic (exact) mass is 1850 g/mol. The third kappa shape index (κ3) is 19.3. The van der Waals surface area contributed by atoms with Gasteiger partial charge in [-0.25, -0.2) is 86.1 Å². The number of nitrogen functional groups attached to an aromatic ring is 1. The average Bonchev–Trinajstić information content (AvgIpc) is 1.58. The van der Waals surface area contributed by atoms with Crippen molar-refractivity contribution in [2.24, 2.45) is 34.5 Å². The second-order valence-electron chi connectivity index (χ2n) is 32.3. The van der Waals surface area contributed by atoms with Crippen molar-refractivity contribution in [2.75, 3.05) is 53.6 Å². The van der Waals surface area contributed by atoms with Crippen LogP contribution in [0, 0.1) is 34.6 Å². The van der Waals surface area contributed by atoms with E-state index < -0.39 is 29.5 Å². The van der Waals surface area contributed by atoms with E-state index in [9.17, 15) is 29.2 Å². The molecule has 20 aromatic rings. The van der Waals surface area contributed by atoms with E-state index in [0.717, 1.165) is 110 Å². The van der Waals surface area contributed by atoms with Crippen LogP contribution < -0.4 is 61.0 Å². The molecule has 21 rings (SSSR count). The second-order valence-corrected chi connectivity index (χ2v) is 32.3. The van der Waals surface area contributed by atoms with E-state index >= 15 is 0 Å². The highest BCUT2D eigenvalue weighted by Crippen LogP contribution is 2.36. The van der Waals surface area contributed by atoms with Crippen molar-refractivity contribution in [3.8, 4) is 85.4 Å². The van der Waals surface area contributed by atoms with Crippen molar-refractivity contribution in [1.82, 2.24) is 97.6 Å². The van der Waals surface area contributed by atoms with Crippen molar-refractivity contribution in [3.05, 3.63) is 329 Å². The van der Waals surface area contributed by atoms with E-state index in [1.54, 1.807) is 23.2 Å². The SMILES string of the molecule is CNc1nc2c(C(N)=O)nc(-c3ccc(C)cc3)nc2n1-c1ccccc1.CNc1nc2c(C(N)=O)nc(-c3ccc(C)cc3)nc2n1-c1ccccc1.Cc1ccc(-c2nc(C(N)=O)c3nc(N4CCCCC4)n(-c4ccccc4)c3n2)cc1.Cc1ccc(-c2nc(C(N)=O)c3nc(NN)n(-c4ccccc4)c3n2)cc1.Cc1ccc(-c2nc(C(N)=O)c3nc(NO)n(-c4ccccc4)c3n2)cc1. The number of nitrogens with two attached hydrogens (primary N) is 6. The van der Waals surface area contributed by atoms with Crippen LogP contribution in [0.25, 0.3) is 141 Å². The number of hydrazine groups is 1. The molecule has 37 heteroatoms. The van der Waals surface area contributed by atoms with Gasteiger partial charge in [0.15, 0.2) is 85.8 Å². The molecule has 0 unspecified atom stereocenters. The predicted octanol–water partition coefficient (Wildman–Crippen LogP) is 14.6. The zero-order chi connectivity index (χ0) is 97.2. The summed E-state index contributed by atoms with van der Waals surface area (Å²) >= 11 is 0. The van der Waals surface area contributed by atoms with Crippen LogP contribution in [-0.2, 0) is 0 Å². The van der Waals surface area contributed by atoms with Gasteiger partial charge in [0, 0.05) is 55.0 Å². The number of benzene rings is 10. The molecule has 5 amide bonds. The van der Waals surface area contributed by atoms with E-state index in [4.69, 9.17) is 54.4 Å². The fourth-order valence-electron chi connectivity index (χ4n) is 15.7. The third-order valence-electron chi connectivity index (χ3n) is 22.6. The van der Waals surface area contributed by atoms with Crippen molar-refractivity contribution in [2.45, 2.75) is 53.9 Å². The van der Waals surface area contributed by atoms with E-state index in [1.165, 1.54) is 6.42 Å². The molecule has 1 aliphatic heterocycles. The van der Waals surface area contributed by atoms with Crippen LogP contribution in [0.15, 0.2) is 273 Å². The van der Waals surface area contributed by atoms with Gasteiger partial charge in [-0.2, -0.15) is 0 Å². The minimum absolute atomic E-state index is 0.0123.